The Morgan fingerprint density at radius 1 is 1.48 bits per heavy atom. The molecule has 0 saturated carbocycles. The van der Waals surface area contributed by atoms with Gasteiger partial charge in [0.2, 0.25) is 0 Å². The molecule has 0 radical (unpaired) electrons. The van der Waals surface area contributed by atoms with Crippen LogP contribution in [-0.4, -0.2) is 24.2 Å². The molecule has 0 bridgehead atoms. The molecule has 110 valence electrons. The summed E-state index contributed by atoms with van der Waals surface area (Å²) in [7, 11) is 0. The van der Waals surface area contributed by atoms with Gasteiger partial charge in [0.05, 0.1) is 18.0 Å². The molecule has 5 heteroatoms. The fourth-order valence-electron chi connectivity index (χ4n) is 2.49. The summed E-state index contributed by atoms with van der Waals surface area (Å²) in [5.74, 6) is 0.540. The molecular weight excluding hydrogens is 286 g/mol. The van der Waals surface area contributed by atoms with E-state index in [9.17, 15) is 9.90 Å². The van der Waals surface area contributed by atoms with Gasteiger partial charge in [0.15, 0.2) is 0 Å². The van der Waals surface area contributed by atoms with Gasteiger partial charge in [-0.3, -0.25) is 4.79 Å². The number of nitrogens with one attached hydrogen (secondary N) is 1. The van der Waals surface area contributed by atoms with Crippen molar-refractivity contribution in [3.8, 4) is 5.75 Å². The van der Waals surface area contributed by atoms with E-state index >= 15 is 0 Å². The molecule has 0 spiro atoms. The van der Waals surface area contributed by atoms with Gasteiger partial charge in [-0.05, 0) is 30.0 Å². The highest BCUT2D eigenvalue weighted by molar-refractivity contribution is 7.12. The third-order valence-electron chi connectivity index (χ3n) is 3.66. The maximum Gasteiger partial charge on any atom is 0.261 e. The van der Waals surface area contributed by atoms with Gasteiger partial charge in [-0.1, -0.05) is 18.2 Å². The zero-order chi connectivity index (χ0) is 14.9. The molecule has 1 aliphatic heterocycles. The van der Waals surface area contributed by atoms with E-state index in [1.165, 1.54) is 11.3 Å². The molecule has 0 saturated heterocycles. The first-order valence-corrected chi connectivity index (χ1v) is 7.74. The molecule has 3 rings (SSSR count). The first-order valence-electron chi connectivity index (χ1n) is 6.86. The molecular formula is C16H17NO3S. The number of aryl methyl sites for hydroxylation is 1. The largest absolute Gasteiger partial charge is 0.493 e. The van der Waals surface area contributed by atoms with Crippen molar-refractivity contribution in [2.75, 3.05) is 13.2 Å². The SMILES string of the molecule is Cc1csc(C(=O)NCC2(O)CCOc3ccccc32)c1. The molecule has 1 aromatic carbocycles. The highest BCUT2D eigenvalue weighted by atomic mass is 32.1. The standard InChI is InChI=1S/C16H17NO3S/c1-11-8-14(21-9-11)15(18)17-10-16(19)6-7-20-13-5-3-2-4-12(13)16/h2-5,8-9,19H,6-7,10H2,1H3,(H,17,18). The Kier molecular flexibility index (Phi) is 3.69. The van der Waals surface area contributed by atoms with Crippen LogP contribution < -0.4 is 10.1 Å². The normalized spacial score (nSPS) is 20.5. The van der Waals surface area contributed by atoms with Gasteiger partial charge in [0, 0.05) is 12.0 Å². The number of benzene rings is 1. The summed E-state index contributed by atoms with van der Waals surface area (Å²) in [5.41, 5.74) is 0.732. The summed E-state index contributed by atoms with van der Waals surface area (Å²) >= 11 is 1.41. The van der Waals surface area contributed by atoms with Crippen molar-refractivity contribution in [3.05, 3.63) is 51.7 Å². The van der Waals surface area contributed by atoms with Gasteiger partial charge < -0.3 is 15.2 Å². The molecule has 0 fully saturated rings. The van der Waals surface area contributed by atoms with Gasteiger partial charge in [0.1, 0.15) is 11.4 Å². The number of thiophene rings is 1. The number of carbonyl (C=O) groups is 1. The van der Waals surface area contributed by atoms with Crippen molar-refractivity contribution in [1.82, 2.24) is 5.32 Å². The minimum absolute atomic E-state index is 0.148. The summed E-state index contributed by atoms with van der Waals surface area (Å²) in [6.07, 6.45) is 0.466. The fraction of sp³-hybridized carbons (Fsp3) is 0.312. The number of para-hydroxylation sites is 1. The lowest BCUT2D eigenvalue weighted by Crippen LogP contribution is -2.43. The zero-order valence-electron chi connectivity index (χ0n) is 11.8. The van der Waals surface area contributed by atoms with Crippen LogP contribution in [0.5, 0.6) is 5.75 Å². The van der Waals surface area contributed by atoms with Crippen molar-refractivity contribution in [3.63, 3.8) is 0 Å². The maximum absolute atomic E-state index is 12.1. The van der Waals surface area contributed by atoms with Crippen LogP contribution in [0.25, 0.3) is 0 Å². The predicted molar refractivity (Wildman–Crippen MR) is 81.8 cm³/mol. The van der Waals surface area contributed by atoms with Crippen LogP contribution in [0.15, 0.2) is 35.7 Å². The van der Waals surface area contributed by atoms with Crippen LogP contribution in [0, 0.1) is 6.92 Å². The van der Waals surface area contributed by atoms with Crippen molar-refractivity contribution >= 4 is 17.2 Å². The summed E-state index contributed by atoms with van der Waals surface area (Å²) < 4.78 is 5.54. The smallest absolute Gasteiger partial charge is 0.261 e. The van der Waals surface area contributed by atoms with Gasteiger partial charge in [-0.2, -0.15) is 0 Å². The summed E-state index contributed by atoms with van der Waals surface area (Å²) in [6.45, 7) is 2.58. The second-order valence-electron chi connectivity index (χ2n) is 5.30. The number of aliphatic hydroxyl groups is 1. The topological polar surface area (TPSA) is 58.6 Å². The molecule has 1 aromatic heterocycles. The summed E-state index contributed by atoms with van der Waals surface area (Å²) in [5, 5.41) is 15.6. The Morgan fingerprint density at radius 2 is 2.29 bits per heavy atom. The van der Waals surface area contributed by atoms with E-state index in [0.29, 0.717) is 23.7 Å². The molecule has 4 nitrogen and oxygen atoms in total. The van der Waals surface area contributed by atoms with E-state index in [1.807, 2.05) is 42.6 Å². The maximum atomic E-state index is 12.1. The minimum atomic E-state index is -1.07. The Labute approximate surface area is 127 Å². The number of hydrogen-bond acceptors (Lipinski definition) is 4. The molecule has 2 heterocycles. The number of amides is 1. The van der Waals surface area contributed by atoms with Crippen molar-refractivity contribution < 1.29 is 14.6 Å². The summed E-state index contributed by atoms with van der Waals surface area (Å²) in [4.78, 5) is 12.8. The number of carbonyl (C=O) groups excluding carboxylic acids is 1. The average Bonchev–Trinajstić information content (AvgIpc) is 2.92. The highest BCUT2D eigenvalue weighted by Gasteiger charge is 2.35. The second-order valence-corrected chi connectivity index (χ2v) is 6.21. The van der Waals surface area contributed by atoms with Crippen LogP contribution >= 0.6 is 11.3 Å². The van der Waals surface area contributed by atoms with Gasteiger partial charge in [-0.25, -0.2) is 0 Å². The Bertz CT molecular complexity index is 667. The molecule has 1 amide bonds. The first kappa shape index (κ1) is 14.1. The first-order chi connectivity index (χ1) is 10.1. The quantitative estimate of drug-likeness (QED) is 0.915. The van der Waals surface area contributed by atoms with E-state index < -0.39 is 5.60 Å². The average molecular weight is 303 g/mol. The van der Waals surface area contributed by atoms with E-state index in [4.69, 9.17) is 4.74 Å². The Hall–Kier alpha value is -1.85. The monoisotopic (exact) mass is 303 g/mol. The Morgan fingerprint density at radius 3 is 3.05 bits per heavy atom. The number of fused-ring (bicyclic) bond motifs is 1. The van der Waals surface area contributed by atoms with Crippen LogP contribution in [0.3, 0.4) is 0 Å². The lowest BCUT2D eigenvalue weighted by Gasteiger charge is -2.34. The van der Waals surface area contributed by atoms with Crippen LogP contribution in [0.2, 0.25) is 0 Å². The summed E-state index contributed by atoms with van der Waals surface area (Å²) in [6, 6.07) is 9.27. The van der Waals surface area contributed by atoms with E-state index in [0.717, 1.165) is 11.1 Å². The lowest BCUT2D eigenvalue weighted by atomic mass is 9.88. The molecule has 1 unspecified atom stereocenters. The fourth-order valence-corrected chi connectivity index (χ4v) is 3.30. The predicted octanol–water partition coefficient (Wildman–Crippen LogP) is 2.46. The van der Waals surface area contributed by atoms with E-state index in [1.54, 1.807) is 0 Å². The molecule has 1 aliphatic rings. The van der Waals surface area contributed by atoms with E-state index in [-0.39, 0.29) is 12.5 Å². The third kappa shape index (κ3) is 2.80. The highest BCUT2D eigenvalue weighted by Crippen LogP contribution is 2.36. The third-order valence-corrected chi connectivity index (χ3v) is 4.70. The van der Waals surface area contributed by atoms with Crippen LogP contribution in [-0.2, 0) is 5.60 Å². The van der Waals surface area contributed by atoms with Gasteiger partial charge in [-0.15, -0.1) is 11.3 Å². The van der Waals surface area contributed by atoms with Gasteiger partial charge >= 0.3 is 0 Å². The van der Waals surface area contributed by atoms with Crippen LogP contribution in [0.4, 0.5) is 0 Å². The Balaban J connectivity index is 1.74. The van der Waals surface area contributed by atoms with Crippen molar-refractivity contribution in [1.29, 1.82) is 0 Å². The molecule has 2 N–H and O–H groups in total. The zero-order valence-corrected chi connectivity index (χ0v) is 12.6. The molecule has 0 aliphatic carbocycles. The molecule has 1 atom stereocenters. The lowest BCUT2D eigenvalue weighted by molar-refractivity contribution is -0.00157. The molecule has 21 heavy (non-hydrogen) atoms. The van der Waals surface area contributed by atoms with Crippen LogP contribution in [0.1, 0.15) is 27.2 Å². The number of rotatable bonds is 3. The minimum Gasteiger partial charge on any atom is -0.493 e. The number of hydrogen-bond donors (Lipinski definition) is 2. The molecule has 2 aromatic rings. The van der Waals surface area contributed by atoms with Crippen molar-refractivity contribution in [2.24, 2.45) is 0 Å². The number of ether oxygens (including phenoxy) is 1. The van der Waals surface area contributed by atoms with E-state index in [2.05, 4.69) is 5.32 Å². The second kappa shape index (κ2) is 5.50. The van der Waals surface area contributed by atoms with Gasteiger partial charge in [0.25, 0.3) is 5.91 Å². The van der Waals surface area contributed by atoms with Crippen molar-refractivity contribution in [2.45, 2.75) is 18.9 Å².